The number of nitrogens with zero attached hydrogens (tertiary/aromatic N) is 3. The molecule has 1 heterocycles. The Bertz CT molecular complexity index is 405. The molecule has 13 heavy (non-hydrogen) atoms. The highest BCUT2D eigenvalue weighted by Crippen LogP contribution is 2.09. The summed E-state index contributed by atoms with van der Waals surface area (Å²) < 4.78 is 14.4. The molecule has 0 N–H and O–H groups in total. The van der Waals surface area contributed by atoms with E-state index < -0.39 is 0 Å². The first-order valence-corrected chi connectivity index (χ1v) is 3.90. The van der Waals surface area contributed by atoms with Gasteiger partial charge in [-0.15, -0.1) is 10.2 Å². The standard InChI is InChI=1S/C9H8FN3/c1-7-12-11-6-13(7)9-4-2-8(10)3-5-9/h2-6H,1H3. The molecule has 2 rings (SSSR count). The van der Waals surface area contributed by atoms with Crippen LogP contribution in [0.25, 0.3) is 5.69 Å². The molecule has 0 atom stereocenters. The fourth-order valence-electron chi connectivity index (χ4n) is 1.15. The Morgan fingerprint density at radius 1 is 1.23 bits per heavy atom. The fourth-order valence-corrected chi connectivity index (χ4v) is 1.15. The Labute approximate surface area is 74.8 Å². The summed E-state index contributed by atoms with van der Waals surface area (Å²) in [6, 6.07) is 6.20. The van der Waals surface area contributed by atoms with Crippen LogP contribution in [0.2, 0.25) is 0 Å². The summed E-state index contributed by atoms with van der Waals surface area (Å²) in [7, 11) is 0. The Hall–Kier alpha value is -1.71. The molecule has 3 nitrogen and oxygen atoms in total. The topological polar surface area (TPSA) is 30.7 Å². The van der Waals surface area contributed by atoms with Crippen molar-refractivity contribution in [2.45, 2.75) is 6.92 Å². The molecule has 0 saturated heterocycles. The van der Waals surface area contributed by atoms with E-state index in [1.165, 1.54) is 12.1 Å². The van der Waals surface area contributed by atoms with Gasteiger partial charge in [0.2, 0.25) is 0 Å². The molecule has 0 bridgehead atoms. The summed E-state index contributed by atoms with van der Waals surface area (Å²) in [6.07, 6.45) is 1.60. The summed E-state index contributed by atoms with van der Waals surface area (Å²) in [5.74, 6) is 0.543. The van der Waals surface area contributed by atoms with E-state index in [4.69, 9.17) is 0 Å². The first-order valence-electron chi connectivity index (χ1n) is 3.90. The summed E-state index contributed by atoms with van der Waals surface area (Å²) >= 11 is 0. The van der Waals surface area contributed by atoms with E-state index in [1.807, 2.05) is 6.92 Å². The van der Waals surface area contributed by atoms with Crippen LogP contribution in [0.15, 0.2) is 30.6 Å². The van der Waals surface area contributed by atoms with Gasteiger partial charge in [0, 0.05) is 5.69 Å². The van der Waals surface area contributed by atoms with Crippen molar-refractivity contribution in [1.82, 2.24) is 14.8 Å². The summed E-state index contributed by atoms with van der Waals surface area (Å²) in [5, 5.41) is 7.57. The van der Waals surface area contributed by atoms with Gasteiger partial charge in [-0.3, -0.25) is 4.57 Å². The van der Waals surface area contributed by atoms with Crippen LogP contribution in [0.3, 0.4) is 0 Å². The SMILES string of the molecule is Cc1nncn1-c1ccc(F)cc1. The summed E-state index contributed by atoms with van der Waals surface area (Å²) in [6.45, 7) is 1.84. The zero-order valence-electron chi connectivity index (χ0n) is 7.11. The van der Waals surface area contributed by atoms with Crippen LogP contribution in [0.5, 0.6) is 0 Å². The lowest BCUT2D eigenvalue weighted by molar-refractivity contribution is 0.627. The van der Waals surface area contributed by atoms with Gasteiger partial charge in [0.15, 0.2) is 0 Å². The average molecular weight is 177 g/mol. The van der Waals surface area contributed by atoms with Crippen molar-refractivity contribution in [3.8, 4) is 5.69 Å². The first kappa shape index (κ1) is 7.91. The molecule has 0 aliphatic rings. The molecule has 2 aromatic rings. The Morgan fingerprint density at radius 2 is 1.92 bits per heavy atom. The smallest absolute Gasteiger partial charge is 0.134 e. The molecule has 0 saturated carbocycles. The highest BCUT2D eigenvalue weighted by Gasteiger charge is 2.00. The number of hydrogen-bond donors (Lipinski definition) is 0. The second kappa shape index (κ2) is 2.97. The van der Waals surface area contributed by atoms with Gasteiger partial charge < -0.3 is 0 Å². The molecule has 4 heteroatoms. The third-order valence-corrected chi connectivity index (χ3v) is 1.82. The van der Waals surface area contributed by atoms with Crippen LogP contribution in [0.1, 0.15) is 5.82 Å². The van der Waals surface area contributed by atoms with Crippen LogP contribution in [-0.4, -0.2) is 14.8 Å². The van der Waals surface area contributed by atoms with Gasteiger partial charge in [-0.05, 0) is 31.2 Å². The van der Waals surface area contributed by atoms with Gasteiger partial charge in [-0.1, -0.05) is 0 Å². The van der Waals surface area contributed by atoms with E-state index in [1.54, 1.807) is 23.0 Å². The number of aryl methyl sites for hydroxylation is 1. The lowest BCUT2D eigenvalue weighted by Gasteiger charge is -2.01. The molecule has 0 spiro atoms. The zero-order chi connectivity index (χ0) is 9.26. The molecular weight excluding hydrogens is 169 g/mol. The van der Waals surface area contributed by atoms with Gasteiger partial charge in [0.25, 0.3) is 0 Å². The molecule has 0 unspecified atom stereocenters. The Morgan fingerprint density at radius 3 is 2.46 bits per heavy atom. The van der Waals surface area contributed by atoms with Crippen molar-refractivity contribution < 1.29 is 4.39 Å². The van der Waals surface area contributed by atoms with Gasteiger partial charge in [0.05, 0.1) is 0 Å². The largest absolute Gasteiger partial charge is 0.286 e. The van der Waals surface area contributed by atoms with Crippen LogP contribution in [-0.2, 0) is 0 Å². The van der Waals surface area contributed by atoms with E-state index in [9.17, 15) is 4.39 Å². The second-order valence-electron chi connectivity index (χ2n) is 2.72. The lowest BCUT2D eigenvalue weighted by Crippen LogP contribution is -1.94. The molecule has 0 aliphatic heterocycles. The second-order valence-corrected chi connectivity index (χ2v) is 2.72. The van der Waals surface area contributed by atoms with E-state index in [0.29, 0.717) is 0 Å². The number of benzene rings is 1. The third-order valence-electron chi connectivity index (χ3n) is 1.82. The first-order chi connectivity index (χ1) is 6.27. The Balaban J connectivity index is 2.47. The quantitative estimate of drug-likeness (QED) is 0.664. The highest BCUT2D eigenvalue weighted by molar-refractivity contribution is 5.32. The molecule has 0 fully saturated rings. The fraction of sp³-hybridized carbons (Fsp3) is 0.111. The van der Waals surface area contributed by atoms with E-state index in [2.05, 4.69) is 10.2 Å². The molecule has 1 aromatic heterocycles. The van der Waals surface area contributed by atoms with Crippen LogP contribution < -0.4 is 0 Å². The normalized spacial score (nSPS) is 10.3. The molecular formula is C9H8FN3. The maximum absolute atomic E-state index is 12.6. The maximum Gasteiger partial charge on any atom is 0.134 e. The Kier molecular flexibility index (Phi) is 1.81. The molecule has 66 valence electrons. The van der Waals surface area contributed by atoms with Crippen molar-refractivity contribution >= 4 is 0 Å². The molecule has 0 aliphatic carbocycles. The van der Waals surface area contributed by atoms with Crippen molar-refractivity contribution in [3.63, 3.8) is 0 Å². The van der Waals surface area contributed by atoms with Crippen LogP contribution in [0, 0.1) is 12.7 Å². The van der Waals surface area contributed by atoms with Gasteiger partial charge in [0.1, 0.15) is 18.0 Å². The minimum Gasteiger partial charge on any atom is -0.286 e. The van der Waals surface area contributed by atoms with Crippen LogP contribution >= 0.6 is 0 Å². The van der Waals surface area contributed by atoms with Crippen molar-refractivity contribution in [1.29, 1.82) is 0 Å². The molecule has 0 radical (unpaired) electrons. The van der Waals surface area contributed by atoms with Crippen molar-refractivity contribution in [2.75, 3.05) is 0 Å². The third kappa shape index (κ3) is 1.42. The average Bonchev–Trinajstić information content (AvgIpc) is 2.53. The van der Waals surface area contributed by atoms with Gasteiger partial charge >= 0.3 is 0 Å². The number of hydrogen-bond acceptors (Lipinski definition) is 2. The van der Waals surface area contributed by atoms with Gasteiger partial charge in [-0.2, -0.15) is 0 Å². The minimum atomic E-state index is -0.241. The van der Waals surface area contributed by atoms with E-state index >= 15 is 0 Å². The van der Waals surface area contributed by atoms with Crippen molar-refractivity contribution in [3.05, 3.63) is 42.2 Å². The van der Waals surface area contributed by atoms with Crippen molar-refractivity contribution in [2.24, 2.45) is 0 Å². The minimum absolute atomic E-state index is 0.241. The predicted octanol–water partition coefficient (Wildman–Crippen LogP) is 1.71. The predicted molar refractivity (Wildman–Crippen MR) is 46.1 cm³/mol. The number of rotatable bonds is 1. The molecule has 0 amide bonds. The molecule has 1 aromatic carbocycles. The van der Waals surface area contributed by atoms with Gasteiger partial charge in [-0.25, -0.2) is 4.39 Å². The number of halogens is 1. The number of aromatic nitrogens is 3. The van der Waals surface area contributed by atoms with E-state index in [-0.39, 0.29) is 5.82 Å². The van der Waals surface area contributed by atoms with E-state index in [0.717, 1.165) is 11.5 Å². The lowest BCUT2D eigenvalue weighted by atomic mass is 10.3. The summed E-state index contributed by atoms with van der Waals surface area (Å²) in [5.41, 5.74) is 0.865. The van der Waals surface area contributed by atoms with Crippen LogP contribution in [0.4, 0.5) is 4.39 Å². The maximum atomic E-state index is 12.6. The zero-order valence-corrected chi connectivity index (χ0v) is 7.11. The highest BCUT2D eigenvalue weighted by atomic mass is 19.1. The summed E-state index contributed by atoms with van der Waals surface area (Å²) in [4.78, 5) is 0. The monoisotopic (exact) mass is 177 g/mol.